The summed E-state index contributed by atoms with van der Waals surface area (Å²) in [6.07, 6.45) is 0. The van der Waals surface area contributed by atoms with Crippen molar-refractivity contribution in [1.82, 2.24) is 9.55 Å². The molecule has 2 heterocycles. The minimum Gasteiger partial charge on any atom is -0.298 e. The second-order valence-electron chi connectivity index (χ2n) is 6.16. The smallest absolute Gasteiger partial charge is 0.138 e. The van der Waals surface area contributed by atoms with Crippen molar-refractivity contribution in [3.63, 3.8) is 0 Å². The predicted octanol–water partition coefficient (Wildman–Crippen LogP) is 5.05. The van der Waals surface area contributed by atoms with Gasteiger partial charge in [-0.1, -0.05) is 41.9 Å². The Bertz CT molecular complexity index is 955. The first-order valence-electron chi connectivity index (χ1n) is 8.05. The number of aryl methyl sites for hydroxylation is 1. The van der Waals surface area contributed by atoms with Gasteiger partial charge in [0.15, 0.2) is 0 Å². The Labute approximate surface area is 146 Å². The fourth-order valence-electron chi connectivity index (χ4n) is 3.26. The van der Waals surface area contributed by atoms with Crippen molar-refractivity contribution in [1.29, 1.82) is 0 Å². The van der Waals surface area contributed by atoms with E-state index in [1.807, 2.05) is 37.3 Å². The molecule has 4 heteroatoms. The van der Waals surface area contributed by atoms with Gasteiger partial charge in [0.2, 0.25) is 0 Å². The molecule has 120 valence electrons. The van der Waals surface area contributed by atoms with E-state index < -0.39 is 0 Å². The van der Waals surface area contributed by atoms with Crippen LogP contribution in [0.2, 0.25) is 5.02 Å². The number of aliphatic imine (C=N–C) groups is 1. The molecule has 0 fully saturated rings. The van der Waals surface area contributed by atoms with Gasteiger partial charge in [0.1, 0.15) is 11.9 Å². The molecular weight excluding hydrogens is 318 g/mol. The average Bonchev–Trinajstić information content (AvgIpc) is 2.82. The van der Waals surface area contributed by atoms with Crippen molar-refractivity contribution in [3.05, 3.63) is 81.9 Å². The lowest BCUT2D eigenvalue weighted by molar-refractivity contribution is 0.724. The number of hydrogen-bond acceptors (Lipinski definition) is 2. The highest BCUT2D eigenvalue weighted by atomic mass is 35.5. The maximum Gasteiger partial charge on any atom is 0.138 e. The summed E-state index contributed by atoms with van der Waals surface area (Å²) in [6.45, 7) is 6.24. The Balaban J connectivity index is 2.07. The minimum absolute atomic E-state index is 0.0289. The molecule has 0 spiro atoms. The van der Waals surface area contributed by atoms with Crippen LogP contribution in [0, 0.1) is 13.8 Å². The van der Waals surface area contributed by atoms with Gasteiger partial charge in [-0.3, -0.25) is 9.56 Å². The van der Waals surface area contributed by atoms with E-state index in [-0.39, 0.29) is 6.04 Å². The number of aromatic nitrogens is 2. The monoisotopic (exact) mass is 335 g/mol. The summed E-state index contributed by atoms with van der Waals surface area (Å²) in [6, 6.07) is 16.2. The molecule has 0 aliphatic carbocycles. The topological polar surface area (TPSA) is 30.2 Å². The van der Waals surface area contributed by atoms with Crippen LogP contribution in [-0.4, -0.2) is 15.3 Å². The number of benzene rings is 2. The molecule has 24 heavy (non-hydrogen) atoms. The quantitative estimate of drug-likeness (QED) is 0.611. The molecule has 1 aliphatic rings. The zero-order valence-corrected chi connectivity index (χ0v) is 14.7. The van der Waals surface area contributed by atoms with Gasteiger partial charge in [0.05, 0.1) is 17.1 Å². The van der Waals surface area contributed by atoms with Crippen LogP contribution in [0.15, 0.2) is 53.5 Å². The summed E-state index contributed by atoms with van der Waals surface area (Å²) in [7, 11) is 0. The van der Waals surface area contributed by atoms with Crippen molar-refractivity contribution in [2.24, 2.45) is 4.99 Å². The molecule has 3 nitrogen and oxygen atoms in total. The highest BCUT2D eigenvalue weighted by molar-refractivity contribution is 6.31. The van der Waals surface area contributed by atoms with Crippen molar-refractivity contribution >= 4 is 17.3 Å². The lowest BCUT2D eigenvalue weighted by atomic mass is 10.0. The molecule has 1 aromatic heterocycles. The number of hydrogen-bond donors (Lipinski definition) is 0. The van der Waals surface area contributed by atoms with E-state index in [0.29, 0.717) is 5.02 Å². The van der Waals surface area contributed by atoms with Gasteiger partial charge < -0.3 is 0 Å². The second kappa shape index (κ2) is 5.60. The Kier molecular flexibility index (Phi) is 3.54. The summed E-state index contributed by atoms with van der Waals surface area (Å²) in [5.74, 6) is 0.972. The standard InChI is InChI=1S/C20H18ClN3/c1-12-14(3)24-18-10-9-16(21)11-17(18)19(15-7-5-4-6-8-15)22-13(2)20(24)23-12/h4-11,13H,1-3H3. The minimum atomic E-state index is -0.0289. The zero-order chi connectivity index (χ0) is 16.8. The first-order chi connectivity index (χ1) is 11.6. The summed E-state index contributed by atoms with van der Waals surface area (Å²) in [4.78, 5) is 9.76. The highest BCUT2D eigenvalue weighted by Crippen LogP contribution is 2.33. The van der Waals surface area contributed by atoms with E-state index in [4.69, 9.17) is 21.6 Å². The molecule has 0 saturated heterocycles. The van der Waals surface area contributed by atoms with E-state index in [0.717, 1.165) is 39.7 Å². The summed E-state index contributed by atoms with van der Waals surface area (Å²) in [5.41, 5.74) is 6.36. The zero-order valence-electron chi connectivity index (χ0n) is 13.9. The number of imidazole rings is 1. The highest BCUT2D eigenvalue weighted by Gasteiger charge is 2.26. The lowest BCUT2D eigenvalue weighted by Crippen LogP contribution is -2.08. The molecule has 1 atom stereocenters. The van der Waals surface area contributed by atoms with Crippen LogP contribution in [0.1, 0.15) is 41.3 Å². The largest absolute Gasteiger partial charge is 0.298 e. The van der Waals surface area contributed by atoms with Crippen LogP contribution in [0.5, 0.6) is 0 Å². The molecule has 1 aliphatic heterocycles. The fourth-order valence-corrected chi connectivity index (χ4v) is 3.43. The molecule has 2 aromatic carbocycles. The van der Waals surface area contributed by atoms with Crippen LogP contribution in [-0.2, 0) is 0 Å². The summed E-state index contributed by atoms with van der Waals surface area (Å²) >= 11 is 6.31. The van der Waals surface area contributed by atoms with Gasteiger partial charge in [0, 0.05) is 21.8 Å². The van der Waals surface area contributed by atoms with E-state index in [9.17, 15) is 0 Å². The van der Waals surface area contributed by atoms with E-state index >= 15 is 0 Å². The van der Waals surface area contributed by atoms with Crippen molar-refractivity contribution in [3.8, 4) is 5.69 Å². The summed E-state index contributed by atoms with van der Waals surface area (Å²) < 4.78 is 2.21. The normalized spacial score (nSPS) is 16.2. The van der Waals surface area contributed by atoms with Crippen LogP contribution >= 0.6 is 11.6 Å². The van der Waals surface area contributed by atoms with E-state index in [1.165, 1.54) is 0 Å². The molecular formula is C20H18ClN3. The second-order valence-corrected chi connectivity index (χ2v) is 6.59. The van der Waals surface area contributed by atoms with Crippen LogP contribution < -0.4 is 0 Å². The lowest BCUT2D eigenvalue weighted by Gasteiger charge is -2.14. The van der Waals surface area contributed by atoms with Gasteiger partial charge in [-0.05, 0) is 39.0 Å². The Hall–Kier alpha value is -2.39. The number of halogens is 1. The molecule has 0 radical (unpaired) electrons. The van der Waals surface area contributed by atoms with Gasteiger partial charge >= 0.3 is 0 Å². The summed E-state index contributed by atoms with van der Waals surface area (Å²) in [5, 5.41) is 0.711. The first kappa shape index (κ1) is 15.2. The molecule has 3 aromatic rings. The third-order valence-electron chi connectivity index (χ3n) is 4.57. The molecule has 0 amide bonds. The molecule has 0 N–H and O–H groups in total. The molecule has 4 rings (SSSR count). The van der Waals surface area contributed by atoms with E-state index in [2.05, 4.69) is 36.6 Å². The predicted molar refractivity (Wildman–Crippen MR) is 98.5 cm³/mol. The number of fused-ring (bicyclic) bond motifs is 3. The maximum absolute atomic E-state index is 6.31. The van der Waals surface area contributed by atoms with Crippen LogP contribution in [0.4, 0.5) is 0 Å². The fraction of sp³-hybridized carbons (Fsp3) is 0.200. The van der Waals surface area contributed by atoms with Crippen molar-refractivity contribution in [2.45, 2.75) is 26.8 Å². The first-order valence-corrected chi connectivity index (χ1v) is 8.43. The Morgan fingerprint density at radius 3 is 2.54 bits per heavy atom. The van der Waals surface area contributed by atoms with Gasteiger partial charge in [-0.25, -0.2) is 4.98 Å². The van der Waals surface area contributed by atoms with Crippen LogP contribution in [0.3, 0.4) is 0 Å². The maximum atomic E-state index is 6.31. The third kappa shape index (κ3) is 2.28. The van der Waals surface area contributed by atoms with Crippen molar-refractivity contribution < 1.29 is 0 Å². The Morgan fingerprint density at radius 1 is 1.04 bits per heavy atom. The van der Waals surface area contributed by atoms with Crippen LogP contribution in [0.25, 0.3) is 5.69 Å². The van der Waals surface area contributed by atoms with Gasteiger partial charge in [-0.15, -0.1) is 0 Å². The van der Waals surface area contributed by atoms with Gasteiger partial charge in [0.25, 0.3) is 0 Å². The number of nitrogens with zero attached hydrogens (tertiary/aromatic N) is 3. The Morgan fingerprint density at radius 2 is 1.79 bits per heavy atom. The molecule has 0 bridgehead atoms. The molecule has 0 saturated carbocycles. The van der Waals surface area contributed by atoms with E-state index in [1.54, 1.807) is 0 Å². The average molecular weight is 336 g/mol. The van der Waals surface area contributed by atoms with Crippen molar-refractivity contribution in [2.75, 3.05) is 0 Å². The van der Waals surface area contributed by atoms with Gasteiger partial charge in [-0.2, -0.15) is 0 Å². The number of rotatable bonds is 1. The SMILES string of the molecule is Cc1nc2n(c1C)-c1ccc(Cl)cc1C(c1ccccc1)=NC2C. The molecule has 1 unspecified atom stereocenters. The third-order valence-corrected chi connectivity index (χ3v) is 4.80.